The van der Waals surface area contributed by atoms with E-state index in [9.17, 15) is 4.89 Å². The molecule has 0 aliphatic carbocycles. The molecule has 0 fully saturated rings. The van der Waals surface area contributed by atoms with Crippen molar-refractivity contribution in [2.24, 2.45) is 0 Å². The van der Waals surface area contributed by atoms with Crippen LogP contribution in [0.1, 0.15) is 0 Å². The predicted molar refractivity (Wildman–Crippen MR) is 51.1 cm³/mol. The Kier molecular flexibility index (Phi) is 2.77. The van der Waals surface area contributed by atoms with Gasteiger partial charge in [-0.25, -0.2) is 4.89 Å². The highest BCUT2D eigenvalue weighted by Crippen LogP contribution is 2.55. The highest BCUT2D eigenvalue weighted by molar-refractivity contribution is 8.49. The van der Waals surface area contributed by atoms with Crippen LogP contribution in [-0.2, 0) is 0 Å². The van der Waals surface area contributed by atoms with Gasteiger partial charge in [-0.05, 0) is 12.1 Å². The van der Waals surface area contributed by atoms with Gasteiger partial charge >= 0.3 is 6.92 Å². The van der Waals surface area contributed by atoms with Crippen molar-refractivity contribution in [3.05, 3.63) is 30.3 Å². The van der Waals surface area contributed by atoms with E-state index in [4.69, 9.17) is 4.52 Å². The first kappa shape index (κ1) is 8.85. The summed E-state index contributed by atoms with van der Waals surface area (Å²) in [6.07, 6.45) is 0. The molecule has 1 atom stereocenters. The summed E-state index contributed by atoms with van der Waals surface area (Å²) < 4.78 is 5.13. The van der Waals surface area contributed by atoms with E-state index in [1.807, 2.05) is 18.2 Å². The molecule has 11 heavy (non-hydrogen) atoms. The normalized spacial score (nSPS) is 15.5. The molecule has 0 radical (unpaired) electrons. The standard InChI is InChI=1S/C7H10O2PS/c1-10(8,11)9-7-5-3-2-4-6-7/h2-6,8,11H,1H3/q+1. The summed E-state index contributed by atoms with van der Waals surface area (Å²) in [6.45, 7) is -0.871. The summed E-state index contributed by atoms with van der Waals surface area (Å²) in [7, 11) is 0. The molecule has 0 saturated carbocycles. The van der Waals surface area contributed by atoms with E-state index >= 15 is 0 Å². The van der Waals surface area contributed by atoms with Crippen LogP contribution in [0.5, 0.6) is 5.75 Å². The zero-order valence-corrected chi connectivity index (χ0v) is 7.93. The average Bonchev–Trinajstić information content (AvgIpc) is 1.85. The number of hydrogen-bond acceptors (Lipinski definition) is 3. The van der Waals surface area contributed by atoms with Crippen molar-refractivity contribution < 1.29 is 9.42 Å². The Morgan fingerprint density at radius 3 is 2.36 bits per heavy atom. The maximum Gasteiger partial charge on any atom is 0.370 e. The van der Waals surface area contributed by atoms with Gasteiger partial charge in [0.2, 0.25) is 0 Å². The van der Waals surface area contributed by atoms with Crippen LogP contribution in [0.3, 0.4) is 0 Å². The highest BCUT2D eigenvalue weighted by Gasteiger charge is 2.26. The maximum atomic E-state index is 9.22. The third-order valence-electron chi connectivity index (χ3n) is 1.02. The van der Waals surface area contributed by atoms with E-state index in [1.54, 1.807) is 18.8 Å². The zero-order chi connectivity index (χ0) is 8.32. The number of para-hydroxylation sites is 1. The molecule has 0 aromatic heterocycles. The lowest BCUT2D eigenvalue weighted by atomic mass is 10.3. The molecule has 1 N–H and O–H groups in total. The Hall–Kier alpha value is -0.240. The largest absolute Gasteiger partial charge is 0.370 e. The molecule has 1 unspecified atom stereocenters. The van der Waals surface area contributed by atoms with Crippen LogP contribution in [0, 0.1) is 0 Å². The molecule has 0 bridgehead atoms. The summed E-state index contributed by atoms with van der Waals surface area (Å²) in [5.74, 6) is 0.654. The lowest BCUT2D eigenvalue weighted by molar-refractivity contribution is 0.487. The minimum absolute atomic E-state index is 0.654. The van der Waals surface area contributed by atoms with E-state index in [-0.39, 0.29) is 0 Å². The molecule has 1 aromatic rings. The van der Waals surface area contributed by atoms with Crippen LogP contribution in [-0.4, -0.2) is 11.6 Å². The van der Waals surface area contributed by atoms with Gasteiger partial charge in [0.15, 0.2) is 5.75 Å². The van der Waals surface area contributed by atoms with Crippen LogP contribution < -0.4 is 4.52 Å². The molecule has 60 valence electrons. The summed E-state index contributed by atoms with van der Waals surface area (Å²) in [6, 6.07) is 9.14. The van der Waals surface area contributed by atoms with Gasteiger partial charge in [-0.1, -0.05) is 18.2 Å². The fourth-order valence-electron chi connectivity index (χ4n) is 0.681. The van der Waals surface area contributed by atoms with E-state index in [1.165, 1.54) is 0 Å². The minimum atomic E-state index is -2.44. The van der Waals surface area contributed by atoms with Gasteiger partial charge in [-0.3, -0.25) is 0 Å². The van der Waals surface area contributed by atoms with Gasteiger partial charge in [0.1, 0.15) is 6.66 Å². The molecular formula is C7H10O2PS+. The van der Waals surface area contributed by atoms with Crippen LogP contribution in [0.2, 0.25) is 0 Å². The summed E-state index contributed by atoms with van der Waals surface area (Å²) in [5, 5.41) is 0. The average molecular weight is 189 g/mol. The summed E-state index contributed by atoms with van der Waals surface area (Å²) in [4.78, 5) is 9.22. The highest BCUT2D eigenvalue weighted by atomic mass is 32.7. The second kappa shape index (κ2) is 3.44. The lowest BCUT2D eigenvalue weighted by Gasteiger charge is -2.06. The van der Waals surface area contributed by atoms with Crippen LogP contribution in [0.25, 0.3) is 0 Å². The molecule has 2 nitrogen and oxygen atoms in total. The molecular weight excluding hydrogens is 179 g/mol. The molecule has 1 rings (SSSR count). The smallest absolute Gasteiger partial charge is 0.308 e. The topological polar surface area (TPSA) is 29.5 Å². The molecule has 0 heterocycles. The number of thiol groups is 1. The first-order valence-electron chi connectivity index (χ1n) is 3.14. The Morgan fingerprint density at radius 2 is 1.91 bits per heavy atom. The first-order valence-corrected chi connectivity index (χ1v) is 6.40. The lowest BCUT2D eigenvalue weighted by Crippen LogP contribution is -1.90. The van der Waals surface area contributed by atoms with Gasteiger partial charge in [0, 0.05) is 0 Å². The van der Waals surface area contributed by atoms with Crippen molar-refractivity contribution >= 4 is 19.2 Å². The Labute approximate surface area is 71.9 Å². The molecule has 0 aliphatic rings. The van der Waals surface area contributed by atoms with Crippen molar-refractivity contribution in [2.75, 3.05) is 6.66 Å². The van der Waals surface area contributed by atoms with Gasteiger partial charge in [0.05, 0.1) is 12.2 Å². The number of hydrogen-bond donors (Lipinski definition) is 2. The van der Waals surface area contributed by atoms with Gasteiger partial charge in [-0.15, -0.1) is 0 Å². The number of rotatable bonds is 2. The second-order valence-corrected chi connectivity index (χ2v) is 6.32. The Morgan fingerprint density at radius 1 is 1.36 bits per heavy atom. The van der Waals surface area contributed by atoms with E-state index in [0.717, 1.165) is 0 Å². The van der Waals surface area contributed by atoms with Gasteiger partial charge < -0.3 is 4.52 Å². The molecule has 0 amide bonds. The second-order valence-electron chi connectivity index (χ2n) is 2.24. The zero-order valence-electron chi connectivity index (χ0n) is 6.14. The number of benzene rings is 1. The molecule has 0 aliphatic heterocycles. The molecule has 1 aromatic carbocycles. The third kappa shape index (κ3) is 3.61. The van der Waals surface area contributed by atoms with Crippen LogP contribution >= 0.6 is 19.2 Å². The monoisotopic (exact) mass is 189 g/mol. The summed E-state index contributed by atoms with van der Waals surface area (Å²) >= 11 is 3.91. The fraction of sp³-hybridized carbons (Fsp3) is 0.143. The van der Waals surface area contributed by atoms with Crippen molar-refractivity contribution in [1.29, 1.82) is 0 Å². The maximum absolute atomic E-state index is 9.22. The Balaban J connectivity index is 2.66. The van der Waals surface area contributed by atoms with E-state index in [0.29, 0.717) is 5.75 Å². The molecule has 4 heteroatoms. The van der Waals surface area contributed by atoms with Crippen LogP contribution in [0.4, 0.5) is 0 Å². The van der Waals surface area contributed by atoms with Gasteiger partial charge in [-0.2, -0.15) is 0 Å². The fourth-order valence-corrected chi connectivity index (χ4v) is 1.48. The van der Waals surface area contributed by atoms with Crippen molar-refractivity contribution in [1.82, 2.24) is 0 Å². The van der Waals surface area contributed by atoms with Crippen molar-refractivity contribution in [2.45, 2.75) is 0 Å². The minimum Gasteiger partial charge on any atom is -0.308 e. The summed E-state index contributed by atoms with van der Waals surface area (Å²) in [5.41, 5.74) is 0. The predicted octanol–water partition coefficient (Wildman–Crippen LogP) is 2.38. The van der Waals surface area contributed by atoms with Crippen LogP contribution in [0.15, 0.2) is 30.3 Å². The molecule has 0 saturated heterocycles. The third-order valence-corrected chi connectivity index (χ3v) is 1.82. The van der Waals surface area contributed by atoms with E-state index < -0.39 is 6.92 Å². The quantitative estimate of drug-likeness (QED) is 0.552. The van der Waals surface area contributed by atoms with Crippen molar-refractivity contribution in [3.8, 4) is 5.75 Å². The molecule has 0 spiro atoms. The SMILES string of the molecule is C[P+](O)(S)Oc1ccccc1. The van der Waals surface area contributed by atoms with E-state index in [2.05, 4.69) is 12.2 Å². The Bertz CT molecular complexity index is 220. The van der Waals surface area contributed by atoms with Crippen molar-refractivity contribution in [3.63, 3.8) is 0 Å². The van der Waals surface area contributed by atoms with Gasteiger partial charge in [0.25, 0.3) is 0 Å². The first-order chi connectivity index (χ1) is 5.08.